The number of rotatable bonds is 5. The van der Waals surface area contributed by atoms with E-state index in [4.69, 9.17) is 16.3 Å². The molecule has 190 valence electrons. The number of likely N-dealkylation sites (tertiary alicyclic amines) is 1. The summed E-state index contributed by atoms with van der Waals surface area (Å²) in [5, 5.41) is 7.45. The van der Waals surface area contributed by atoms with Gasteiger partial charge in [-0.25, -0.2) is 14.8 Å². The first kappa shape index (κ1) is 25.7. The van der Waals surface area contributed by atoms with Gasteiger partial charge in [-0.3, -0.25) is 4.79 Å². The molecular formula is C27H32ClN5O3. The number of hydrogen-bond donors (Lipinski definition) is 2. The lowest BCUT2D eigenvalue weighted by Gasteiger charge is -2.32. The molecule has 2 amide bonds. The summed E-state index contributed by atoms with van der Waals surface area (Å²) in [6.45, 7) is 9.13. The maximum Gasteiger partial charge on any atom is 0.410 e. The highest BCUT2D eigenvalue weighted by atomic mass is 35.5. The van der Waals surface area contributed by atoms with Crippen LogP contribution in [0.15, 0.2) is 42.5 Å². The normalized spacial score (nSPS) is 14.5. The fourth-order valence-electron chi connectivity index (χ4n) is 4.13. The van der Waals surface area contributed by atoms with Crippen molar-refractivity contribution in [3.8, 4) is 0 Å². The molecule has 0 spiro atoms. The van der Waals surface area contributed by atoms with Gasteiger partial charge < -0.3 is 20.3 Å². The van der Waals surface area contributed by atoms with Crippen molar-refractivity contribution in [1.82, 2.24) is 14.9 Å². The number of carbonyl (C=O) groups excluding carboxylic acids is 2. The number of aromatic nitrogens is 2. The van der Waals surface area contributed by atoms with Gasteiger partial charge in [0.15, 0.2) is 0 Å². The summed E-state index contributed by atoms with van der Waals surface area (Å²) in [5.74, 6) is 0.520. The van der Waals surface area contributed by atoms with E-state index in [0.29, 0.717) is 38.3 Å². The third-order valence-electron chi connectivity index (χ3n) is 6.02. The van der Waals surface area contributed by atoms with Crippen LogP contribution in [0.4, 0.5) is 16.3 Å². The number of piperidine rings is 1. The number of nitrogens with one attached hydrogen (secondary N) is 2. The van der Waals surface area contributed by atoms with Crippen molar-refractivity contribution in [1.29, 1.82) is 0 Å². The van der Waals surface area contributed by atoms with Crippen molar-refractivity contribution in [2.24, 2.45) is 5.92 Å². The molecule has 1 fully saturated rings. The van der Waals surface area contributed by atoms with E-state index < -0.39 is 5.60 Å². The highest BCUT2D eigenvalue weighted by Crippen LogP contribution is 2.25. The number of benzene rings is 2. The standard InChI is InChI=1S/C27H32ClN5O3/c1-17-5-10-21-22(15-17)31-25(28)32-23(21)29-16-18-6-8-20(9-7-18)30-24(34)19-11-13-33(14-12-19)26(35)36-27(2,3)4/h5-10,15,19H,11-14,16H2,1-4H3,(H,30,34)(H,29,31,32). The molecule has 2 heterocycles. The van der Waals surface area contributed by atoms with E-state index in [-0.39, 0.29) is 23.2 Å². The molecule has 1 saturated heterocycles. The minimum atomic E-state index is -0.526. The highest BCUT2D eigenvalue weighted by molar-refractivity contribution is 6.28. The average Bonchev–Trinajstić information content (AvgIpc) is 2.82. The summed E-state index contributed by atoms with van der Waals surface area (Å²) >= 11 is 6.11. The Bertz CT molecular complexity index is 1240. The summed E-state index contributed by atoms with van der Waals surface area (Å²) in [7, 11) is 0. The van der Waals surface area contributed by atoms with Gasteiger partial charge in [-0.2, -0.15) is 0 Å². The predicted molar refractivity (Wildman–Crippen MR) is 142 cm³/mol. The number of carbonyl (C=O) groups is 2. The lowest BCUT2D eigenvalue weighted by molar-refractivity contribution is -0.121. The molecule has 36 heavy (non-hydrogen) atoms. The Morgan fingerprint density at radius 2 is 1.78 bits per heavy atom. The second kappa shape index (κ2) is 10.7. The Labute approximate surface area is 216 Å². The third kappa shape index (κ3) is 6.63. The van der Waals surface area contributed by atoms with Gasteiger partial charge in [0.1, 0.15) is 11.4 Å². The minimum Gasteiger partial charge on any atom is -0.444 e. The average molecular weight is 510 g/mol. The molecule has 0 bridgehead atoms. The molecule has 1 aromatic heterocycles. The number of ether oxygens (including phenoxy) is 1. The van der Waals surface area contributed by atoms with Gasteiger partial charge in [-0.05, 0) is 87.5 Å². The van der Waals surface area contributed by atoms with Crippen LogP contribution in [-0.2, 0) is 16.1 Å². The zero-order valence-electron chi connectivity index (χ0n) is 21.1. The summed E-state index contributed by atoms with van der Waals surface area (Å²) in [6, 6.07) is 13.7. The fraction of sp³-hybridized carbons (Fsp3) is 0.407. The van der Waals surface area contributed by atoms with Gasteiger partial charge in [-0.15, -0.1) is 0 Å². The molecule has 8 nitrogen and oxygen atoms in total. The molecule has 2 N–H and O–H groups in total. The van der Waals surface area contributed by atoms with Gasteiger partial charge in [0.25, 0.3) is 0 Å². The molecule has 0 radical (unpaired) electrons. The van der Waals surface area contributed by atoms with E-state index in [9.17, 15) is 9.59 Å². The molecule has 2 aromatic carbocycles. The monoisotopic (exact) mass is 509 g/mol. The van der Waals surface area contributed by atoms with Crippen LogP contribution in [0, 0.1) is 12.8 Å². The van der Waals surface area contributed by atoms with Crippen LogP contribution in [0.3, 0.4) is 0 Å². The quantitative estimate of drug-likeness (QED) is 0.422. The summed E-state index contributed by atoms with van der Waals surface area (Å²) < 4.78 is 5.43. The second-order valence-electron chi connectivity index (χ2n) is 10.1. The molecule has 4 rings (SSSR count). The van der Waals surface area contributed by atoms with Gasteiger partial charge in [-0.1, -0.05) is 18.2 Å². The maximum atomic E-state index is 12.8. The third-order valence-corrected chi connectivity index (χ3v) is 6.19. The van der Waals surface area contributed by atoms with Gasteiger partial charge >= 0.3 is 6.09 Å². The molecule has 1 aliphatic rings. The number of halogens is 1. The van der Waals surface area contributed by atoms with E-state index >= 15 is 0 Å². The molecule has 0 aliphatic carbocycles. The van der Waals surface area contributed by atoms with E-state index in [1.165, 1.54) is 0 Å². The Kier molecular flexibility index (Phi) is 7.64. The Hall–Kier alpha value is -3.39. The van der Waals surface area contributed by atoms with Crippen molar-refractivity contribution in [3.05, 3.63) is 58.9 Å². The van der Waals surface area contributed by atoms with Crippen LogP contribution in [0.1, 0.15) is 44.7 Å². The number of nitrogens with zero attached hydrogens (tertiary/aromatic N) is 3. The molecule has 0 atom stereocenters. The van der Waals surface area contributed by atoms with Crippen LogP contribution in [0.2, 0.25) is 5.28 Å². The summed E-state index contributed by atoms with van der Waals surface area (Å²) in [6.07, 6.45) is 0.905. The molecule has 9 heteroatoms. The topological polar surface area (TPSA) is 96.5 Å². The Morgan fingerprint density at radius 1 is 1.08 bits per heavy atom. The van der Waals surface area contributed by atoms with E-state index in [2.05, 4.69) is 20.6 Å². The number of aryl methyl sites for hydroxylation is 1. The largest absolute Gasteiger partial charge is 0.444 e. The SMILES string of the molecule is Cc1ccc2c(NCc3ccc(NC(=O)C4CCN(C(=O)OC(C)(C)C)CC4)cc3)nc(Cl)nc2c1. The lowest BCUT2D eigenvalue weighted by Crippen LogP contribution is -2.43. The van der Waals surface area contributed by atoms with E-state index in [1.807, 2.05) is 70.2 Å². The zero-order valence-corrected chi connectivity index (χ0v) is 21.9. The number of anilines is 2. The van der Waals surface area contributed by atoms with Crippen LogP contribution in [-0.4, -0.2) is 45.6 Å². The second-order valence-corrected chi connectivity index (χ2v) is 10.5. The fourth-order valence-corrected chi connectivity index (χ4v) is 4.31. The van der Waals surface area contributed by atoms with Gasteiger partial charge in [0, 0.05) is 36.6 Å². The number of hydrogen-bond acceptors (Lipinski definition) is 6. The highest BCUT2D eigenvalue weighted by Gasteiger charge is 2.29. The van der Waals surface area contributed by atoms with Crippen LogP contribution in [0.5, 0.6) is 0 Å². The van der Waals surface area contributed by atoms with Crippen molar-refractivity contribution in [2.75, 3.05) is 23.7 Å². The molecule has 0 saturated carbocycles. The predicted octanol–water partition coefficient (Wildman–Crippen LogP) is 5.79. The smallest absolute Gasteiger partial charge is 0.410 e. The van der Waals surface area contributed by atoms with E-state index in [0.717, 1.165) is 27.7 Å². The molecule has 1 aliphatic heterocycles. The number of amides is 2. The lowest BCUT2D eigenvalue weighted by atomic mass is 9.96. The maximum absolute atomic E-state index is 12.8. The first-order chi connectivity index (χ1) is 17.1. The number of fused-ring (bicyclic) bond motifs is 1. The molecular weight excluding hydrogens is 478 g/mol. The molecule has 0 unspecified atom stereocenters. The van der Waals surface area contributed by atoms with Crippen LogP contribution in [0.25, 0.3) is 10.9 Å². The first-order valence-corrected chi connectivity index (χ1v) is 12.5. The zero-order chi connectivity index (χ0) is 25.9. The molecule has 3 aromatic rings. The van der Waals surface area contributed by atoms with Crippen molar-refractivity contribution >= 4 is 46.0 Å². The van der Waals surface area contributed by atoms with Crippen molar-refractivity contribution < 1.29 is 14.3 Å². The Morgan fingerprint density at radius 3 is 2.44 bits per heavy atom. The van der Waals surface area contributed by atoms with Crippen molar-refractivity contribution in [2.45, 2.75) is 52.7 Å². The first-order valence-electron chi connectivity index (χ1n) is 12.1. The summed E-state index contributed by atoms with van der Waals surface area (Å²) in [5.41, 5.74) is 3.15. The van der Waals surface area contributed by atoms with Gasteiger partial charge in [0.2, 0.25) is 11.2 Å². The van der Waals surface area contributed by atoms with Crippen molar-refractivity contribution in [3.63, 3.8) is 0 Å². The van der Waals surface area contributed by atoms with Gasteiger partial charge in [0.05, 0.1) is 5.52 Å². The Balaban J connectivity index is 1.29. The van der Waals surface area contributed by atoms with Crippen LogP contribution < -0.4 is 10.6 Å². The van der Waals surface area contributed by atoms with Crippen LogP contribution >= 0.6 is 11.6 Å². The minimum absolute atomic E-state index is 0.0258. The van der Waals surface area contributed by atoms with E-state index in [1.54, 1.807) is 4.90 Å². The summed E-state index contributed by atoms with van der Waals surface area (Å²) in [4.78, 5) is 35.3.